The molecular formula is C25H28ClN5O2S. The number of benzene rings is 2. The number of nitrogens with zero attached hydrogens (tertiary/aromatic N) is 4. The highest BCUT2D eigenvalue weighted by Gasteiger charge is 2.20. The van der Waals surface area contributed by atoms with Crippen LogP contribution in [0.15, 0.2) is 52.4 Å². The molecule has 0 aliphatic carbocycles. The Hall–Kier alpha value is -2.86. The maximum atomic E-state index is 13.3. The molecule has 2 aromatic carbocycles. The highest BCUT2D eigenvalue weighted by Crippen LogP contribution is 2.25. The van der Waals surface area contributed by atoms with E-state index in [1.165, 1.54) is 11.8 Å². The van der Waals surface area contributed by atoms with Crippen molar-refractivity contribution < 1.29 is 4.79 Å². The molecule has 0 spiro atoms. The number of hydrogen-bond acceptors (Lipinski definition) is 6. The van der Waals surface area contributed by atoms with Crippen LogP contribution in [-0.2, 0) is 11.3 Å². The van der Waals surface area contributed by atoms with Crippen LogP contribution in [0.5, 0.6) is 0 Å². The van der Waals surface area contributed by atoms with Gasteiger partial charge in [-0.25, -0.2) is 4.98 Å². The van der Waals surface area contributed by atoms with Crippen LogP contribution in [0, 0.1) is 11.3 Å². The molecule has 0 fully saturated rings. The van der Waals surface area contributed by atoms with Crippen LogP contribution in [0.25, 0.3) is 10.9 Å². The molecule has 1 unspecified atom stereocenters. The van der Waals surface area contributed by atoms with E-state index in [0.717, 1.165) is 26.1 Å². The molecule has 0 radical (unpaired) electrons. The number of anilines is 1. The average molecular weight is 498 g/mol. The Balaban J connectivity index is 1.82. The summed E-state index contributed by atoms with van der Waals surface area (Å²) in [4.78, 5) is 33.1. The number of para-hydroxylation sites is 1. The molecule has 3 rings (SSSR count). The summed E-state index contributed by atoms with van der Waals surface area (Å²) in [6.45, 7) is 9.33. The molecule has 178 valence electrons. The predicted molar refractivity (Wildman–Crippen MR) is 139 cm³/mol. The van der Waals surface area contributed by atoms with Gasteiger partial charge in [0.25, 0.3) is 5.56 Å². The fraction of sp³-hybridized carbons (Fsp3) is 0.360. The molecule has 0 saturated heterocycles. The first-order chi connectivity index (χ1) is 16.4. The average Bonchev–Trinajstić information content (AvgIpc) is 2.83. The summed E-state index contributed by atoms with van der Waals surface area (Å²) in [5, 5.41) is 12.7. The van der Waals surface area contributed by atoms with Crippen LogP contribution in [0.1, 0.15) is 32.8 Å². The van der Waals surface area contributed by atoms with Gasteiger partial charge in [0, 0.05) is 12.2 Å². The van der Waals surface area contributed by atoms with E-state index in [2.05, 4.69) is 24.1 Å². The molecule has 0 bridgehead atoms. The van der Waals surface area contributed by atoms with Gasteiger partial charge in [-0.15, -0.1) is 0 Å². The molecule has 3 aromatic rings. The van der Waals surface area contributed by atoms with Gasteiger partial charge in [0.2, 0.25) is 5.91 Å². The summed E-state index contributed by atoms with van der Waals surface area (Å²) in [7, 11) is 0. The Kier molecular flexibility index (Phi) is 9.11. The van der Waals surface area contributed by atoms with Crippen molar-refractivity contribution in [1.82, 2.24) is 14.5 Å². The standard InChI is InChI=1S/C25H28ClN5O2S/c1-4-30(5-2)13-8-14-31-24(33)20-9-6-7-10-22(20)29-25(31)34-17(3)23(32)28-19-12-11-18(16-27)21(26)15-19/h6-7,9-12,15,17H,4-5,8,13-14H2,1-3H3,(H,28,32). The van der Waals surface area contributed by atoms with E-state index in [1.54, 1.807) is 35.8 Å². The number of hydrogen-bond donors (Lipinski definition) is 1. The van der Waals surface area contributed by atoms with Gasteiger partial charge in [0.15, 0.2) is 5.16 Å². The Labute approximate surface area is 208 Å². The first-order valence-corrected chi connectivity index (χ1v) is 12.5. The molecule has 1 N–H and O–H groups in total. The second-order valence-electron chi connectivity index (χ2n) is 7.80. The molecule has 7 nitrogen and oxygen atoms in total. The van der Waals surface area contributed by atoms with Gasteiger partial charge >= 0.3 is 0 Å². The van der Waals surface area contributed by atoms with Gasteiger partial charge in [0.05, 0.1) is 26.7 Å². The van der Waals surface area contributed by atoms with Crippen molar-refractivity contribution in [1.29, 1.82) is 5.26 Å². The molecule has 0 aliphatic rings. The monoisotopic (exact) mass is 497 g/mol. The summed E-state index contributed by atoms with van der Waals surface area (Å²) in [5.74, 6) is -0.247. The van der Waals surface area contributed by atoms with Gasteiger partial charge in [0.1, 0.15) is 6.07 Å². The molecule has 1 aromatic heterocycles. The lowest BCUT2D eigenvalue weighted by molar-refractivity contribution is -0.115. The minimum Gasteiger partial charge on any atom is -0.325 e. The van der Waals surface area contributed by atoms with Crippen molar-refractivity contribution in [2.75, 3.05) is 25.0 Å². The number of carbonyl (C=O) groups excluding carboxylic acids is 1. The van der Waals surface area contributed by atoms with Crippen molar-refractivity contribution >= 4 is 45.9 Å². The minimum atomic E-state index is -0.517. The van der Waals surface area contributed by atoms with Gasteiger partial charge in [-0.3, -0.25) is 14.2 Å². The van der Waals surface area contributed by atoms with Crippen molar-refractivity contribution in [2.45, 2.75) is 44.1 Å². The van der Waals surface area contributed by atoms with Crippen LogP contribution in [0.2, 0.25) is 5.02 Å². The van der Waals surface area contributed by atoms with Crippen molar-refractivity contribution in [3.8, 4) is 6.07 Å². The Morgan fingerprint density at radius 1 is 1.26 bits per heavy atom. The summed E-state index contributed by atoms with van der Waals surface area (Å²) in [6, 6.07) is 14.0. The van der Waals surface area contributed by atoms with Crippen LogP contribution >= 0.6 is 23.4 Å². The summed E-state index contributed by atoms with van der Waals surface area (Å²) in [6.07, 6.45) is 0.805. The Bertz CT molecular complexity index is 1270. The van der Waals surface area contributed by atoms with Crippen LogP contribution in [0.3, 0.4) is 0 Å². The third-order valence-corrected chi connectivity index (χ3v) is 6.99. The third kappa shape index (κ3) is 6.17. The van der Waals surface area contributed by atoms with E-state index in [4.69, 9.17) is 21.8 Å². The molecule has 0 saturated carbocycles. The second kappa shape index (κ2) is 12.0. The largest absolute Gasteiger partial charge is 0.325 e. The molecule has 1 atom stereocenters. The van der Waals surface area contributed by atoms with E-state index >= 15 is 0 Å². The molecule has 1 amide bonds. The quantitative estimate of drug-likeness (QED) is 0.320. The van der Waals surface area contributed by atoms with E-state index in [9.17, 15) is 9.59 Å². The summed E-state index contributed by atoms with van der Waals surface area (Å²) >= 11 is 7.33. The van der Waals surface area contributed by atoms with E-state index in [0.29, 0.717) is 33.9 Å². The topological polar surface area (TPSA) is 91.0 Å². The van der Waals surface area contributed by atoms with Crippen molar-refractivity contribution in [3.05, 3.63) is 63.4 Å². The van der Waals surface area contributed by atoms with E-state index in [1.807, 2.05) is 24.3 Å². The molecule has 34 heavy (non-hydrogen) atoms. The van der Waals surface area contributed by atoms with Crippen molar-refractivity contribution in [3.63, 3.8) is 0 Å². The number of amides is 1. The summed E-state index contributed by atoms with van der Waals surface area (Å²) < 4.78 is 1.68. The number of aromatic nitrogens is 2. The maximum absolute atomic E-state index is 13.3. The van der Waals surface area contributed by atoms with Gasteiger partial charge < -0.3 is 10.2 Å². The van der Waals surface area contributed by atoms with Crippen LogP contribution in [-0.4, -0.2) is 45.2 Å². The highest BCUT2D eigenvalue weighted by molar-refractivity contribution is 8.00. The number of thioether (sulfide) groups is 1. The first kappa shape index (κ1) is 25.8. The SMILES string of the molecule is CCN(CC)CCCn1c(SC(C)C(=O)Nc2ccc(C#N)c(Cl)c2)nc2ccccc2c1=O. The number of nitrogens with one attached hydrogen (secondary N) is 1. The molecule has 1 heterocycles. The zero-order chi connectivity index (χ0) is 24.7. The number of nitriles is 1. The van der Waals surface area contributed by atoms with Crippen LogP contribution in [0.4, 0.5) is 5.69 Å². The zero-order valence-electron chi connectivity index (χ0n) is 19.5. The fourth-order valence-corrected chi connectivity index (χ4v) is 4.72. The highest BCUT2D eigenvalue weighted by atomic mass is 35.5. The van der Waals surface area contributed by atoms with Crippen molar-refractivity contribution in [2.24, 2.45) is 0 Å². The maximum Gasteiger partial charge on any atom is 0.262 e. The zero-order valence-corrected chi connectivity index (χ0v) is 21.1. The third-order valence-electron chi connectivity index (χ3n) is 5.59. The normalized spacial score (nSPS) is 12.0. The number of halogens is 1. The Morgan fingerprint density at radius 2 is 2.00 bits per heavy atom. The van der Waals surface area contributed by atoms with Gasteiger partial charge in [-0.05, 0) is 63.3 Å². The molecular weight excluding hydrogens is 470 g/mol. The Morgan fingerprint density at radius 3 is 2.68 bits per heavy atom. The second-order valence-corrected chi connectivity index (χ2v) is 9.52. The first-order valence-electron chi connectivity index (χ1n) is 11.3. The predicted octanol–water partition coefficient (Wildman–Crippen LogP) is 4.77. The molecule has 0 aliphatic heterocycles. The minimum absolute atomic E-state index is 0.0980. The number of fused-ring (bicyclic) bond motifs is 1. The van der Waals surface area contributed by atoms with Gasteiger partial charge in [-0.2, -0.15) is 5.26 Å². The lowest BCUT2D eigenvalue weighted by atomic mass is 10.2. The lowest BCUT2D eigenvalue weighted by Gasteiger charge is -2.20. The van der Waals surface area contributed by atoms with Crippen LogP contribution < -0.4 is 10.9 Å². The van der Waals surface area contributed by atoms with Gasteiger partial charge in [-0.1, -0.05) is 49.3 Å². The molecule has 9 heteroatoms. The summed E-state index contributed by atoms with van der Waals surface area (Å²) in [5.41, 5.74) is 1.36. The lowest BCUT2D eigenvalue weighted by Crippen LogP contribution is -2.29. The van der Waals surface area contributed by atoms with E-state index < -0.39 is 5.25 Å². The smallest absolute Gasteiger partial charge is 0.262 e. The van der Waals surface area contributed by atoms with E-state index in [-0.39, 0.29) is 16.5 Å². The number of carbonyl (C=O) groups is 1. The fourth-order valence-electron chi connectivity index (χ4n) is 3.57. The number of rotatable bonds is 10.